The molecule has 0 N–H and O–H groups in total. The van der Waals surface area contributed by atoms with Crippen LogP contribution in [0.3, 0.4) is 0 Å². The number of carbonyl (C=O) groups excluding carboxylic acids is 2. The predicted molar refractivity (Wildman–Crippen MR) is 95.0 cm³/mol. The summed E-state index contributed by atoms with van der Waals surface area (Å²) < 4.78 is 42.9. The van der Waals surface area contributed by atoms with Crippen molar-refractivity contribution in [3.63, 3.8) is 0 Å². The summed E-state index contributed by atoms with van der Waals surface area (Å²) in [4.78, 5) is 23.8. The molecule has 27 heavy (non-hydrogen) atoms. The number of methoxy groups -OCH3 is 1. The van der Waals surface area contributed by atoms with Crippen LogP contribution in [0.25, 0.3) is 0 Å². The van der Waals surface area contributed by atoms with Crippen molar-refractivity contribution in [2.75, 3.05) is 20.3 Å². The van der Waals surface area contributed by atoms with E-state index in [9.17, 15) is 18.0 Å². The topological polar surface area (TPSA) is 99.2 Å². The van der Waals surface area contributed by atoms with Gasteiger partial charge in [0.25, 0.3) is 0 Å². The highest BCUT2D eigenvalue weighted by atomic mass is 32.2. The number of nitrogens with zero attached hydrogens (tertiary/aromatic N) is 1. The lowest BCUT2D eigenvalue weighted by molar-refractivity contribution is -0.145. The second kappa shape index (κ2) is 7.85. The molecule has 0 spiro atoms. The first kappa shape index (κ1) is 19.6. The van der Waals surface area contributed by atoms with E-state index in [0.717, 1.165) is 19.3 Å². The Morgan fingerprint density at radius 1 is 1.26 bits per heavy atom. The standard InChI is InChI=1S/C18H23NO7S/c1-12-5-3-4-9-19(12)27(22,23)16-11-13(6-7-14(16)24-2)17(20)26-15-8-10-25-18(15)21/h6-7,11-12,15H,3-5,8-10H2,1-2H3/t12-,15+/m0/s1. The maximum absolute atomic E-state index is 13.2. The van der Waals surface area contributed by atoms with E-state index in [1.807, 2.05) is 6.92 Å². The quantitative estimate of drug-likeness (QED) is 0.698. The summed E-state index contributed by atoms with van der Waals surface area (Å²) in [5.41, 5.74) is 0.0405. The number of ether oxygens (including phenoxy) is 3. The Morgan fingerprint density at radius 3 is 2.67 bits per heavy atom. The summed E-state index contributed by atoms with van der Waals surface area (Å²) in [7, 11) is -2.46. The zero-order valence-corrected chi connectivity index (χ0v) is 16.2. The van der Waals surface area contributed by atoms with Gasteiger partial charge in [0.05, 0.1) is 19.3 Å². The van der Waals surface area contributed by atoms with Gasteiger partial charge in [0.1, 0.15) is 10.6 Å². The van der Waals surface area contributed by atoms with E-state index >= 15 is 0 Å². The van der Waals surface area contributed by atoms with Crippen LogP contribution >= 0.6 is 0 Å². The molecule has 2 aliphatic heterocycles. The van der Waals surface area contributed by atoms with E-state index in [-0.39, 0.29) is 35.3 Å². The van der Waals surface area contributed by atoms with E-state index in [0.29, 0.717) is 6.54 Å². The fourth-order valence-electron chi connectivity index (χ4n) is 3.34. The molecule has 148 valence electrons. The number of hydrogen-bond donors (Lipinski definition) is 0. The number of piperidine rings is 1. The Bertz CT molecular complexity index is 836. The summed E-state index contributed by atoms with van der Waals surface area (Å²) in [6.07, 6.45) is 1.89. The van der Waals surface area contributed by atoms with E-state index in [1.165, 1.54) is 29.6 Å². The smallest absolute Gasteiger partial charge is 0.347 e. The molecule has 2 fully saturated rings. The van der Waals surface area contributed by atoms with Crippen molar-refractivity contribution in [2.45, 2.75) is 49.6 Å². The number of sulfonamides is 1. The fraction of sp³-hybridized carbons (Fsp3) is 0.556. The van der Waals surface area contributed by atoms with Gasteiger partial charge in [0.15, 0.2) is 0 Å². The molecule has 1 aromatic rings. The maximum Gasteiger partial charge on any atom is 0.347 e. The van der Waals surface area contributed by atoms with Crippen LogP contribution in [0.15, 0.2) is 23.1 Å². The molecule has 2 aliphatic rings. The van der Waals surface area contributed by atoms with Crippen molar-refractivity contribution in [3.05, 3.63) is 23.8 Å². The molecule has 0 amide bonds. The molecule has 8 nitrogen and oxygen atoms in total. The highest BCUT2D eigenvalue weighted by Crippen LogP contribution is 2.32. The van der Waals surface area contributed by atoms with Crippen molar-refractivity contribution >= 4 is 22.0 Å². The summed E-state index contributed by atoms with van der Waals surface area (Å²) in [6, 6.07) is 3.96. The van der Waals surface area contributed by atoms with Gasteiger partial charge in [-0.25, -0.2) is 18.0 Å². The van der Waals surface area contributed by atoms with Gasteiger partial charge in [-0.2, -0.15) is 4.31 Å². The van der Waals surface area contributed by atoms with Crippen molar-refractivity contribution in [3.8, 4) is 5.75 Å². The van der Waals surface area contributed by atoms with Gasteiger partial charge in [-0.1, -0.05) is 6.42 Å². The summed E-state index contributed by atoms with van der Waals surface area (Å²) in [5.74, 6) is -1.21. The molecule has 9 heteroatoms. The lowest BCUT2D eigenvalue weighted by Gasteiger charge is -2.32. The van der Waals surface area contributed by atoms with E-state index in [4.69, 9.17) is 14.2 Å². The van der Waals surface area contributed by atoms with E-state index < -0.39 is 28.1 Å². The van der Waals surface area contributed by atoms with Gasteiger partial charge in [-0.05, 0) is 38.0 Å². The van der Waals surface area contributed by atoms with Crippen LogP contribution in [0.1, 0.15) is 43.0 Å². The van der Waals surface area contributed by atoms with E-state index in [2.05, 4.69) is 0 Å². The van der Waals surface area contributed by atoms with Crippen LogP contribution < -0.4 is 4.74 Å². The molecule has 2 saturated heterocycles. The second-order valence-electron chi connectivity index (χ2n) is 6.68. The van der Waals surface area contributed by atoms with Crippen LogP contribution in [0.5, 0.6) is 5.75 Å². The Labute approximate surface area is 158 Å². The molecular weight excluding hydrogens is 374 g/mol. The third-order valence-corrected chi connectivity index (χ3v) is 6.90. The Morgan fingerprint density at radius 2 is 2.04 bits per heavy atom. The normalized spacial score (nSPS) is 23.7. The van der Waals surface area contributed by atoms with Crippen molar-refractivity contribution in [1.29, 1.82) is 0 Å². The van der Waals surface area contributed by atoms with Gasteiger partial charge in [0, 0.05) is 19.0 Å². The number of cyclic esters (lactones) is 1. The summed E-state index contributed by atoms with van der Waals surface area (Å²) in [6.45, 7) is 2.49. The lowest BCUT2D eigenvalue weighted by atomic mass is 10.1. The molecule has 0 aromatic heterocycles. The zero-order valence-electron chi connectivity index (χ0n) is 15.3. The Kier molecular flexibility index (Phi) is 5.71. The fourth-order valence-corrected chi connectivity index (χ4v) is 5.22. The third kappa shape index (κ3) is 3.93. The molecule has 0 saturated carbocycles. The molecule has 0 aliphatic carbocycles. The van der Waals surface area contributed by atoms with Crippen LogP contribution in [0.2, 0.25) is 0 Å². The monoisotopic (exact) mass is 397 g/mol. The first-order valence-corrected chi connectivity index (χ1v) is 10.4. The minimum Gasteiger partial charge on any atom is -0.495 e. The third-order valence-electron chi connectivity index (χ3n) is 4.86. The lowest BCUT2D eigenvalue weighted by Crippen LogP contribution is -2.42. The summed E-state index contributed by atoms with van der Waals surface area (Å²) in [5, 5.41) is 0. The average Bonchev–Trinajstić information content (AvgIpc) is 3.06. The molecule has 0 bridgehead atoms. The van der Waals surface area contributed by atoms with Crippen LogP contribution in [-0.4, -0.2) is 57.1 Å². The van der Waals surface area contributed by atoms with Crippen molar-refractivity contribution < 1.29 is 32.2 Å². The van der Waals surface area contributed by atoms with Crippen LogP contribution in [0, 0.1) is 0 Å². The van der Waals surface area contributed by atoms with Crippen molar-refractivity contribution in [2.24, 2.45) is 0 Å². The minimum absolute atomic E-state index is 0.0405. The molecule has 2 heterocycles. The molecule has 0 radical (unpaired) electrons. The van der Waals surface area contributed by atoms with Gasteiger partial charge in [-0.3, -0.25) is 0 Å². The van der Waals surface area contributed by atoms with Gasteiger partial charge >= 0.3 is 11.9 Å². The Hall–Kier alpha value is -2.13. The molecule has 3 rings (SSSR count). The van der Waals surface area contributed by atoms with Gasteiger partial charge < -0.3 is 14.2 Å². The molecule has 0 unspecified atom stereocenters. The number of rotatable bonds is 5. The average molecular weight is 397 g/mol. The second-order valence-corrected chi connectivity index (χ2v) is 8.54. The zero-order chi connectivity index (χ0) is 19.6. The first-order valence-electron chi connectivity index (χ1n) is 8.92. The van der Waals surface area contributed by atoms with Crippen LogP contribution in [0.4, 0.5) is 0 Å². The highest BCUT2D eigenvalue weighted by Gasteiger charge is 2.35. The Balaban J connectivity index is 1.91. The largest absolute Gasteiger partial charge is 0.495 e. The molecule has 2 atom stereocenters. The van der Waals surface area contributed by atoms with E-state index in [1.54, 1.807) is 0 Å². The number of hydrogen-bond acceptors (Lipinski definition) is 7. The number of benzene rings is 1. The maximum atomic E-state index is 13.2. The van der Waals surface area contributed by atoms with Gasteiger partial charge in [-0.15, -0.1) is 0 Å². The number of esters is 2. The first-order chi connectivity index (χ1) is 12.8. The number of carbonyl (C=O) groups is 2. The molecular formula is C18H23NO7S. The minimum atomic E-state index is -3.84. The van der Waals surface area contributed by atoms with Gasteiger partial charge in [0.2, 0.25) is 16.1 Å². The predicted octanol–water partition coefficient (Wildman–Crippen LogP) is 1.73. The van der Waals surface area contributed by atoms with Crippen molar-refractivity contribution in [1.82, 2.24) is 4.31 Å². The SMILES string of the molecule is COc1ccc(C(=O)O[C@@H]2CCOC2=O)cc1S(=O)(=O)N1CCCC[C@@H]1C. The van der Waals surface area contributed by atoms with Crippen LogP contribution in [-0.2, 0) is 24.3 Å². The molecule has 1 aromatic carbocycles. The summed E-state index contributed by atoms with van der Waals surface area (Å²) >= 11 is 0. The highest BCUT2D eigenvalue weighted by molar-refractivity contribution is 7.89.